The fourth-order valence-electron chi connectivity index (χ4n) is 7.11. The highest BCUT2D eigenvalue weighted by Crippen LogP contribution is 2.49. The van der Waals surface area contributed by atoms with Crippen molar-refractivity contribution in [3.8, 4) is 11.5 Å². The van der Waals surface area contributed by atoms with Gasteiger partial charge in [0.05, 0.1) is 5.92 Å². The number of carbonyl (C=O) groups is 1. The number of esters is 1. The number of hydrogen-bond acceptors (Lipinski definition) is 3. The maximum atomic E-state index is 14.2. The molecule has 0 radical (unpaired) electrons. The highest BCUT2D eigenvalue weighted by atomic mass is 19.1. The number of rotatable bonds is 9. The van der Waals surface area contributed by atoms with Crippen LogP contribution in [-0.2, 0) is 4.79 Å². The van der Waals surface area contributed by atoms with Crippen LogP contribution in [0.3, 0.4) is 0 Å². The summed E-state index contributed by atoms with van der Waals surface area (Å²) in [6, 6.07) is 2.03. The highest BCUT2D eigenvalue weighted by molar-refractivity contribution is 5.75. The van der Waals surface area contributed by atoms with E-state index in [4.69, 9.17) is 9.47 Å². The molecule has 3 saturated carbocycles. The Labute approximate surface area is 209 Å². The summed E-state index contributed by atoms with van der Waals surface area (Å²) in [4.78, 5) is 12.7. The number of unbranched alkanes of at least 4 members (excludes halogenated alkanes) is 1. The van der Waals surface area contributed by atoms with Crippen molar-refractivity contribution in [2.45, 2.75) is 90.4 Å². The van der Waals surface area contributed by atoms with E-state index in [1.54, 1.807) is 0 Å². The maximum absolute atomic E-state index is 14.2. The molecular weight excluding hydrogens is 446 g/mol. The normalized spacial score (nSPS) is 30.8. The SMILES string of the molecule is C=CCOc1c(F)cc(OC(=O)C2CCC(C3CCC4CC(CCCC)CCC4C3)CC2)cc1F. The second-order valence-corrected chi connectivity index (χ2v) is 11.3. The molecule has 0 amide bonds. The van der Waals surface area contributed by atoms with Crippen LogP contribution in [0, 0.1) is 47.1 Å². The zero-order valence-corrected chi connectivity index (χ0v) is 21.3. The van der Waals surface area contributed by atoms with Gasteiger partial charge in [-0.05, 0) is 87.4 Å². The third-order valence-electron chi connectivity index (χ3n) is 9.04. The molecule has 1 aromatic carbocycles. The fraction of sp³-hybridized carbons (Fsp3) is 0.700. The first-order valence-electron chi connectivity index (χ1n) is 13.9. The second-order valence-electron chi connectivity index (χ2n) is 11.3. The minimum atomic E-state index is -0.881. The van der Waals surface area contributed by atoms with Crippen molar-refractivity contribution in [3.05, 3.63) is 36.4 Å². The van der Waals surface area contributed by atoms with Crippen LogP contribution in [0.15, 0.2) is 24.8 Å². The van der Waals surface area contributed by atoms with Gasteiger partial charge in [0.25, 0.3) is 0 Å². The van der Waals surface area contributed by atoms with E-state index >= 15 is 0 Å². The standard InChI is InChI=1S/C30H42F2O3/c1-3-5-6-20-7-8-25-17-24(14-13-23(25)16-20)21-9-11-22(12-10-21)30(33)35-26-18-27(31)29(28(32)19-26)34-15-4-2/h4,18-25H,2-3,5-17H2,1H3. The van der Waals surface area contributed by atoms with Crippen LogP contribution in [0.1, 0.15) is 90.4 Å². The third-order valence-corrected chi connectivity index (χ3v) is 9.04. The number of hydrogen-bond donors (Lipinski definition) is 0. The molecule has 35 heavy (non-hydrogen) atoms. The van der Waals surface area contributed by atoms with Gasteiger partial charge in [0.15, 0.2) is 17.4 Å². The Balaban J connectivity index is 1.23. The third kappa shape index (κ3) is 6.65. The largest absolute Gasteiger partial charge is 0.483 e. The highest BCUT2D eigenvalue weighted by Gasteiger charge is 2.39. The topological polar surface area (TPSA) is 35.5 Å². The predicted octanol–water partition coefficient (Wildman–Crippen LogP) is 8.26. The lowest BCUT2D eigenvalue weighted by Gasteiger charge is -2.45. The summed E-state index contributed by atoms with van der Waals surface area (Å²) < 4.78 is 38.8. The molecule has 4 rings (SSSR count). The first-order chi connectivity index (χ1) is 17.0. The molecule has 5 heteroatoms. The number of ether oxygens (including phenoxy) is 2. The fourth-order valence-corrected chi connectivity index (χ4v) is 7.11. The van der Waals surface area contributed by atoms with Gasteiger partial charge < -0.3 is 9.47 Å². The van der Waals surface area contributed by atoms with Crippen molar-refractivity contribution in [1.29, 1.82) is 0 Å². The molecule has 0 saturated heterocycles. The van der Waals surface area contributed by atoms with E-state index < -0.39 is 17.4 Å². The molecule has 3 aliphatic carbocycles. The molecule has 194 valence electrons. The Morgan fingerprint density at radius 3 is 2.20 bits per heavy atom. The minimum absolute atomic E-state index is 0.00190. The van der Waals surface area contributed by atoms with E-state index in [0.717, 1.165) is 61.5 Å². The van der Waals surface area contributed by atoms with Crippen molar-refractivity contribution < 1.29 is 23.0 Å². The molecule has 3 nitrogen and oxygen atoms in total. The van der Waals surface area contributed by atoms with Gasteiger partial charge in [0, 0.05) is 12.1 Å². The summed E-state index contributed by atoms with van der Waals surface area (Å²) in [5.74, 6) is 1.41. The first kappa shape index (κ1) is 26.2. The molecule has 3 fully saturated rings. The Morgan fingerprint density at radius 2 is 1.54 bits per heavy atom. The number of carbonyl (C=O) groups excluding carboxylic acids is 1. The first-order valence-corrected chi connectivity index (χ1v) is 13.9. The van der Waals surface area contributed by atoms with E-state index in [9.17, 15) is 13.6 Å². The Morgan fingerprint density at radius 1 is 0.943 bits per heavy atom. The summed E-state index contributed by atoms with van der Waals surface area (Å²) >= 11 is 0. The molecular formula is C30H42F2O3. The summed E-state index contributed by atoms with van der Waals surface area (Å²) in [7, 11) is 0. The van der Waals surface area contributed by atoms with Crippen molar-refractivity contribution in [2.24, 2.45) is 35.5 Å². The number of fused-ring (bicyclic) bond motifs is 1. The van der Waals surface area contributed by atoms with Crippen molar-refractivity contribution >= 4 is 5.97 Å². The lowest BCUT2D eigenvalue weighted by atomic mass is 9.60. The zero-order valence-electron chi connectivity index (χ0n) is 21.3. The average molecular weight is 489 g/mol. The van der Waals surface area contributed by atoms with Crippen molar-refractivity contribution in [1.82, 2.24) is 0 Å². The van der Waals surface area contributed by atoms with Crippen LogP contribution in [-0.4, -0.2) is 12.6 Å². The molecule has 0 heterocycles. The van der Waals surface area contributed by atoms with Gasteiger partial charge >= 0.3 is 5.97 Å². The van der Waals surface area contributed by atoms with Crippen LogP contribution in [0.25, 0.3) is 0 Å². The molecule has 0 aromatic heterocycles. The van der Waals surface area contributed by atoms with Gasteiger partial charge in [-0.3, -0.25) is 4.79 Å². The van der Waals surface area contributed by atoms with Crippen LogP contribution in [0.4, 0.5) is 8.78 Å². The van der Waals surface area contributed by atoms with Crippen molar-refractivity contribution in [3.63, 3.8) is 0 Å². The molecule has 0 N–H and O–H groups in total. The Hall–Kier alpha value is -1.91. The van der Waals surface area contributed by atoms with Crippen LogP contribution in [0.2, 0.25) is 0 Å². The molecule has 0 aliphatic heterocycles. The monoisotopic (exact) mass is 488 g/mol. The van der Waals surface area contributed by atoms with E-state index in [0.29, 0.717) is 5.92 Å². The van der Waals surface area contributed by atoms with Gasteiger partial charge in [-0.1, -0.05) is 45.3 Å². The minimum Gasteiger partial charge on any atom is -0.483 e. The lowest BCUT2D eigenvalue weighted by molar-refractivity contribution is -0.140. The van der Waals surface area contributed by atoms with Crippen LogP contribution >= 0.6 is 0 Å². The average Bonchev–Trinajstić information content (AvgIpc) is 2.86. The van der Waals surface area contributed by atoms with Gasteiger partial charge in [-0.25, -0.2) is 8.78 Å². The number of halogens is 2. The second kappa shape index (κ2) is 12.4. The van der Waals surface area contributed by atoms with Gasteiger partial charge in [-0.2, -0.15) is 0 Å². The molecule has 1 aromatic rings. The Bertz CT molecular complexity index is 838. The summed E-state index contributed by atoms with van der Waals surface area (Å²) in [5.41, 5.74) is 0. The summed E-state index contributed by atoms with van der Waals surface area (Å²) in [6.45, 7) is 5.76. The molecule has 0 bridgehead atoms. The number of benzene rings is 1. The van der Waals surface area contributed by atoms with E-state index in [1.807, 2.05) is 0 Å². The quantitative estimate of drug-likeness (QED) is 0.199. The molecule has 4 atom stereocenters. The van der Waals surface area contributed by atoms with Gasteiger partial charge in [0.2, 0.25) is 0 Å². The predicted molar refractivity (Wildman–Crippen MR) is 134 cm³/mol. The molecule has 4 unspecified atom stereocenters. The summed E-state index contributed by atoms with van der Waals surface area (Å²) in [6.07, 6.45) is 17.7. The maximum Gasteiger partial charge on any atom is 0.314 e. The smallest absolute Gasteiger partial charge is 0.314 e. The molecule has 0 spiro atoms. The molecule has 3 aliphatic rings. The van der Waals surface area contributed by atoms with E-state index in [2.05, 4.69) is 13.5 Å². The zero-order chi connectivity index (χ0) is 24.8. The van der Waals surface area contributed by atoms with Gasteiger partial charge in [-0.15, -0.1) is 0 Å². The van der Waals surface area contributed by atoms with Crippen LogP contribution < -0.4 is 9.47 Å². The Kier molecular flexibility index (Phi) is 9.24. The van der Waals surface area contributed by atoms with E-state index in [1.165, 1.54) is 63.9 Å². The lowest BCUT2D eigenvalue weighted by Crippen LogP contribution is -2.35. The van der Waals surface area contributed by atoms with Crippen LogP contribution in [0.5, 0.6) is 11.5 Å². The summed E-state index contributed by atoms with van der Waals surface area (Å²) in [5, 5.41) is 0. The van der Waals surface area contributed by atoms with Gasteiger partial charge in [0.1, 0.15) is 12.4 Å². The van der Waals surface area contributed by atoms with Crippen molar-refractivity contribution in [2.75, 3.05) is 6.61 Å². The van der Waals surface area contributed by atoms with E-state index in [-0.39, 0.29) is 24.2 Å².